The number of pyridine rings is 1. The van der Waals surface area contributed by atoms with Gasteiger partial charge in [0.15, 0.2) is 0 Å². The van der Waals surface area contributed by atoms with Crippen molar-refractivity contribution in [2.24, 2.45) is 5.41 Å². The maximum atomic E-state index is 12.7. The van der Waals surface area contributed by atoms with E-state index in [9.17, 15) is 4.79 Å². The molecule has 1 aromatic carbocycles. The van der Waals surface area contributed by atoms with E-state index in [1.807, 2.05) is 18.2 Å². The molecule has 21 heavy (non-hydrogen) atoms. The lowest BCUT2D eigenvalue weighted by molar-refractivity contribution is -0.126. The molecule has 2 aromatic rings. The highest BCUT2D eigenvalue weighted by Gasteiger charge is 2.41. The quantitative estimate of drug-likeness (QED) is 0.776. The molecule has 4 rings (SSSR count). The lowest BCUT2D eigenvalue weighted by atomic mass is 9.73. The average molecular weight is 281 g/mol. The van der Waals surface area contributed by atoms with Crippen LogP contribution in [0.3, 0.4) is 0 Å². The Labute approximate surface area is 124 Å². The summed E-state index contributed by atoms with van der Waals surface area (Å²) in [4.78, 5) is 17.2. The van der Waals surface area contributed by atoms with Crippen LogP contribution in [0.25, 0.3) is 10.9 Å². The zero-order valence-electron chi connectivity index (χ0n) is 12.0. The van der Waals surface area contributed by atoms with Crippen LogP contribution >= 0.6 is 0 Å². The zero-order valence-corrected chi connectivity index (χ0v) is 12.0. The van der Waals surface area contributed by atoms with Gasteiger partial charge in [0.25, 0.3) is 0 Å². The van der Waals surface area contributed by atoms with Crippen LogP contribution in [0.4, 0.5) is 11.4 Å². The first-order valence-corrected chi connectivity index (χ1v) is 7.72. The predicted octanol–water partition coefficient (Wildman–Crippen LogP) is 3.55. The van der Waals surface area contributed by atoms with Gasteiger partial charge < -0.3 is 10.6 Å². The van der Waals surface area contributed by atoms with Crippen molar-refractivity contribution in [3.8, 4) is 0 Å². The summed E-state index contributed by atoms with van der Waals surface area (Å²) in [5.41, 5.74) is 2.52. The highest BCUT2D eigenvalue weighted by Crippen LogP contribution is 2.42. The van der Waals surface area contributed by atoms with Crippen molar-refractivity contribution in [2.75, 3.05) is 17.2 Å². The molecule has 0 atom stereocenters. The second-order valence-electron chi connectivity index (χ2n) is 6.21. The number of anilines is 2. The van der Waals surface area contributed by atoms with Gasteiger partial charge in [-0.15, -0.1) is 0 Å². The summed E-state index contributed by atoms with van der Waals surface area (Å²) in [5, 5.41) is 7.72. The Morgan fingerprint density at radius 1 is 1.10 bits per heavy atom. The van der Waals surface area contributed by atoms with Crippen LogP contribution in [-0.4, -0.2) is 17.4 Å². The molecular weight excluding hydrogens is 262 g/mol. The fraction of sp³-hybridized carbons (Fsp3) is 0.412. The van der Waals surface area contributed by atoms with Crippen molar-refractivity contribution < 1.29 is 4.79 Å². The lowest BCUT2D eigenvalue weighted by Crippen LogP contribution is -2.41. The van der Waals surface area contributed by atoms with Crippen LogP contribution in [-0.2, 0) is 4.79 Å². The second kappa shape index (κ2) is 4.72. The predicted molar refractivity (Wildman–Crippen MR) is 84.4 cm³/mol. The van der Waals surface area contributed by atoms with E-state index in [1.54, 1.807) is 6.20 Å². The lowest BCUT2D eigenvalue weighted by Gasteiger charge is -2.34. The number of carbonyl (C=O) groups excluding carboxylic acids is 1. The fourth-order valence-electron chi connectivity index (χ4n) is 3.65. The number of aromatic nitrogens is 1. The molecule has 1 aliphatic heterocycles. The third kappa shape index (κ3) is 1.97. The molecule has 0 bridgehead atoms. The monoisotopic (exact) mass is 281 g/mol. The smallest absolute Gasteiger partial charge is 0.232 e. The zero-order chi connectivity index (χ0) is 14.3. The first-order valence-electron chi connectivity index (χ1n) is 7.72. The number of benzene rings is 1. The van der Waals surface area contributed by atoms with Crippen LogP contribution in [0.15, 0.2) is 30.5 Å². The van der Waals surface area contributed by atoms with Gasteiger partial charge in [0.2, 0.25) is 5.91 Å². The minimum atomic E-state index is -0.252. The van der Waals surface area contributed by atoms with E-state index in [1.165, 1.54) is 6.42 Å². The minimum absolute atomic E-state index is 0.158. The van der Waals surface area contributed by atoms with Crippen LogP contribution in [0.2, 0.25) is 0 Å². The number of fused-ring (bicyclic) bond motifs is 3. The van der Waals surface area contributed by atoms with Crippen molar-refractivity contribution in [1.82, 2.24) is 4.98 Å². The second-order valence-corrected chi connectivity index (χ2v) is 6.21. The summed E-state index contributed by atoms with van der Waals surface area (Å²) in [6.45, 7) is 0.722. The summed E-state index contributed by atoms with van der Waals surface area (Å²) in [7, 11) is 0. The van der Waals surface area contributed by atoms with Gasteiger partial charge in [-0.3, -0.25) is 9.78 Å². The summed E-state index contributed by atoms with van der Waals surface area (Å²) < 4.78 is 0. The largest absolute Gasteiger partial charge is 0.382 e. The van der Waals surface area contributed by atoms with E-state index in [4.69, 9.17) is 0 Å². The molecule has 0 saturated heterocycles. The highest BCUT2D eigenvalue weighted by atomic mass is 16.2. The van der Waals surface area contributed by atoms with E-state index in [2.05, 4.69) is 21.7 Å². The SMILES string of the molecule is O=C1Nc2cnc3ccccc3c2NCC12CCCCC2. The molecule has 0 unspecified atom stereocenters. The topological polar surface area (TPSA) is 54.0 Å². The van der Waals surface area contributed by atoms with Crippen molar-refractivity contribution in [2.45, 2.75) is 32.1 Å². The summed E-state index contributed by atoms with van der Waals surface area (Å²) in [5.74, 6) is 0.158. The Kier molecular flexibility index (Phi) is 2.84. The minimum Gasteiger partial charge on any atom is -0.382 e. The van der Waals surface area contributed by atoms with E-state index < -0.39 is 0 Å². The van der Waals surface area contributed by atoms with Gasteiger partial charge in [0, 0.05) is 11.9 Å². The fourth-order valence-corrected chi connectivity index (χ4v) is 3.65. The van der Waals surface area contributed by atoms with E-state index in [0.717, 1.165) is 54.5 Å². The Balaban J connectivity index is 1.79. The van der Waals surface area contributed by atoms with Gasteiger partial charge in [-0.2, -0.15) is 0 Å². The number of carbonyl (C=O) groups is 1. The molecule has 1 spiro atoms. The highest BCUT2D eigenvalue weighted by molar-refractivity contribution is 6.06. The van der Waals surface area contributed by atoms with Gasteiger partial charge in [0.05, 0.1) is 28.5 Å². The molecule has 1 saturated carbocycles. The van der Waals surface area contributed by atoms with Crippen LogP contribution in [0, 0.1) is 5.41 Å². The summed E-state index contributed by atoms with van der Waals surface area (Å²) >= 11 is 0. The number of hydrogen-bond acceptors (Lipinski definition) is 3. The van der Waals surface area contributed by atoms with Gasteiger partial charge in [-0.25, -0.2) is 0 Å². The molecule has 1 aromatic heterocycles. The van der Waals surface area contributed by atoms with Gasteiger partial charge in [-0.1, -0.05) is 37.5 Å². The third-order valence-electron chi connectivity index (χ3n) is 4.92. The van der Waals surface area contributed by atoms with Gasteiger partial charge >= 0.3 is 0 Å². The van der Waals surface area contributed by atoms with Gasteiger partial charge in [0.1, 0.15) is 0 Å². The molecule has 4 heteroatoms. The van der Waals surface area contributed by atoms with Crippen molar-refractivity contribution in [3.05, 3.63) is 30.5 Å². The maximum Gasteiger partial charge on any atom is 0.232 e. The Bertz CT molecular complexity index is 704. The molecule has 2 heterocycles. The molecule has 108 valence electrons. The number of hydrogen-bond donors (Lipinski definition) is 2. The van der Waals surface area contributed by atoms with Gasteiger partial charge in [-0.05, 0) is 18.9 Å². The molecule has 1 aliphatic carbocycles. The Hall–Kier alpha value is -2.10. The first-order chi connectivity index (χ1) is 10.3. The molecule has 0 radical (unpaired) electrons. The van der Waals surface area contributed by atoms with E-state index >= 15 is 0 Å². The summed E-state index contributed by atoms with van der Waals surface area (Å²) in [6.07, 6.45) is 7.25. The molecule has 4 nitrogen and oxygen atoms in total. The van der Waals surface area contributed by atoms with Crippen molar-refractivity contribution >= 4 is 28.2 Å². The van der Waals surface area contributed by atoms with Crippen LogP contribution in [0.1, 0.15) is 32.1 Å². The van der Waals surface area contributed by atoms with Crippen molar-refractivity contribution in [1.29, 1.82) is 0 Å². The summed E-state index contributed by atoms with van der Waals surface area (Å²) in [6, 6.07) is 8.05. The Morgan fingerprint density at radius 3 is 2.76 bits per heavy atom. The average Bonchev–Trinajstić information content (AvgIpc) is 2.66. The molecule has 2 N–H and O–H groups in total. The maximum absolute atomic E-state index is 12.7. The molecule has 1 amide bonds. The van der Waals surface area contributed by atoms with E-state index in [0.29, 0.717) is 0 Å². The third-order valence-corrected chi connectivity index (χ3v) is 4.92. The van der Waals surface area contributed by atoms with Crippen molar-refractivity contribution in [3.63, 3.8) is 0 Å². The van der Waals surface area contributed by atoms with E-state index in [-0.39, 0.29) is 11.3 Å². The Morgan fingerprint density at radius 2 is 1.90 bits per heavy atom. The number of para-hydroxylation sites is 1. The number of nitrogens with zero attached hydrogens (tertiary/aromatic N) is 1. The normalized spacial score (nSPS) is 20.5. The number of nitrogens with one attached hydrogen (secondary N) is 2. The molecule has 1 fully saturated rings. The molecule has 2 aliphatic rings. The van der Waals surface area contributed by atoms with Crippen LogP contribution < -0.4 is 10.6 Å². The number of amides is 1. The van der Waals surface area contributed by atoms with Crippen LogP contribution in [0.5, 0.6) is 0 Å². The number of rotatable bonds is 0. The molecular formula is C17H19N3O. The first kappa shape index (κ1) is 12.6. The standard InChI is InChI=1S/C17H19N3O/c21-16-17(8-4-1-5-9-17)11-19-15-12-6-2-3-7-13(12)18-10-14(15)20-16/h2-3,6-7,10,19H,1,4-5,8-9,11H2,(H,20,21).